The van der Waals surface area contributed by atoms with Gasteiger partial charge < -0.3 is 4.74 Å². The Hall–Kier alpha value is -1.59. The van der Waals surface area contributed by atoms with Gasteiger partial charge in [-0.15, -0.1) is 0 Å². The molecule has 1 atom stereocenters. The third-order valence-corrected chi connectivity index (χ3v) is 2.25. The van der Waals surface area contributed by atoms with E-state index in [9.17, 15) is 17.6 Å². The minimum Gasteiger partial charge on any atom is -0.481 e. The lowest BCUT2D eigenvalue weighted by Crippen LogP contribution is -2.12. The molecule has 86 valence electrons. The van der Waals surface area contributed by atoms with Gasteiger partial charge in [0.1, 0.15) is 18.5 Å². The number of hydrogen-bond donors (Lipinski definition) is 0. The smallest absolute Gasteiger partial charge is 0.416 e. The minimum atomic E-state index is -4.59. The monoisotopic (exact) mass is 233 g/mol. The zero-order chi connectivity index (χ0) is 11.8. The van der Waals surface area contributed by atoms with Crippen LogP contribution in [0.15, 0.2) is 23.2 Å². The maximum atomic E-state index is 12.8. The predicted molar refractivity (Wildman–Crippen MR) is 48.6 cm³/mol. The van der Waals surface area contributed by atoms with Crippen molar-refractivity contribution in [3.63, 3.8) is 0 Å². The van der Waals surface area contributed by atoms with Gasteiger partial charge in [-0.2, -0.15) is 13.2 Å². The molecular weight excluding hydrogens is 226 g/mol. The van der Waals surface area contributed by atoms with Crippen molar-refractivity contribution in [1.82, 2.24) is 0 Å². The number of benzene rings is 1. The van der Waals surface area contributed by atoms with E-state index in [4.69, 9.17) is 4.74 Å². The Bertz CT molecular complexity index is 427. The molecule has 2 nitrogen and oxygen atoms in total. The topological polar surface area (TPSA) is 21.6 Å². The number of alkyl halides is 3. The van der Waals surface area contributed by atoms with E-state index < -0.39 is 23.6 Å². The van der Waals surface area contributed by atoms with Gasteiger partial charge in [-0.1, -0.05) is 6.07 Å². The molecule has 1 unspecified atom stereocenters. The fourth-order valence-electron chi connectivity index (χ4n) is 1.53. The number of ether oxygens (including phenoxy) is 1. The molecule has 1 heterocycles. The van der Waals surface area contributed by atoms with E-state index >= 15 is 0 Å². The van der Waals surface area contributed by atoms with Crippen LogP contribution in [0.1, 0.15) is 17.2 Å². The highest BCUT2D eigenvalue weighted by atomic mass is 19.4. The first-order valence-corrected chi connectivity index (χ1v) is 4.48. The first-order valence-electron chi connectivity index (χ1n) is 4.48. The van der Waals surface area contributed by atoms with E-state index in [2.05, 4.69) is 4.99 Å². The number of nitrogens with zero attached hydrogens (tertiary/aromatic N) is 1. The van der Waals surface area contributed by atoms with Crippen LogP contribution in [-0.2, 0) is 10.9 Å². The summed E-state index contributed by atoms with van der Waals surface area (Å²) in [5.41, 5.74) is -1.07. The van der Waals surface area contributed by atoms with E-state index in [1.165, 1.54) is 0 Å². The molecule has 0 aromatic heterocycles. The molecule has 2 rings (SSSR count). The van der Waals surface area contributed by atoms with Gasteiger partial charge in [-0.25, -0.2) is 9.38 Å². The highest BCUT2D eigenvalue weighted by Gasteiger charge is 2.36. The van der Waals surface area contributed by atoms with Crippen molar-refractivity contribution < 1.29 is 22.3 Å². The summed E-state index contributed by atoms with van der Waals surface area (Å²) in [5, 5.41) is 0. The summed E-state index contributed by atoms with van der Waals surface area (Å²) in [5.74, 6) is -0.918. The van der Waals surface area contributed by atoms with Gasteiger partial charge in [-0.05, 0) is 17.7 Å². The Morgan fingerprint density at radius 3 is 2.62 bits per heavy atom. The van der Waals surface area contributed by atoms with Gasteiger partial charge in [0.05, 0.1) is 5.56 Å². The Labute approximate surface area is 88.6 Å². The van der Waals surface area contributed by atoms with E-state index in [0.717, 1.165) is 18.5 Å². The highest BCUT2D eigenvalue weighted by Crippen LogP contribution is 2.36. The molecule has 1 aromatic rings. The summed E-state index contributed by atoms with van der Waals surface area (Å²) in [6.07, 6.45) is -3.48. The maximum Gasteiger partial charge on any atom is 0.416 e. The molecule has 0 aliphatic carbocycles. The van der Waals surface area contributed by atoms with Crippen molar-refractivity contribution in [2.75, 3.05) is 6.61 Å². The Morgan fingerprint density at radius 2 is 2.06 bits per heavy atom. The molecule has 0 saturated heterocycles. The summed E-state index contributed by atoms with van der Waals surface area (Å²) in [6, 6.07) is 1.84. The Balaban J connectivity index is 2.47. The van der Waals surface area contributed by atoms with Crippen molar-refractivity contribution in [2.24, 2.45) is 4.99 Å². The lowest BCUT2D eigenvalue weighted by molar-refractivity contribution is -0.138. The van der Waals surface area contributed by atoms with Gasteiger partial charge in [0.2, 0.25) is 0 Å². The predicted octanol–water partition coefficient (Wildman–Crippen LogP) is 2.94. The number of hydrogen-bond acceptors (Lipinski definition) is 2. The van der Waals surface area contributed by atoms with Crippen LogP contribution in [0.4, 0.5) is 17.6 Å². The van der Waals surface area contributed by atoms with Crippen molar-refractivity contribution in [3.8, 4) is 0 Å². The average Bonchev–Trinajstić information content (AvgIpc) is 2.69. The fraction of sp³-hybridized carbons (Fsp3) is 0.300. The van der Waals surface area contributed by atoms with Crippen LogP contribution in [0.3, 0.4) is 0 Å². The number of halogens is 4. The molecule has 6 heteroatoms. The number of aliphatic imine (C=N–C) groups is 1. The molecule has 1 aromatic carbocycles. The molecule has 1 aliphatic rings. The minimum absolute atomic E-state index is 0.0503. The van der Waals surface area contributed by atoms with Crippen LogP contribution in [0.5, 0.6) is 0 Å². The average molecular weight is 233 g/mol. The summed E-state index contributed by atoms with van der Waals surface area (Å²) in [6.45, 7) is 0.0503. The van der Waals surface area contributed by atoms with Gasteiger partial charge in [-0.3, -0.25) is 0 Å². The summed E-state index contributed by atoms with van der Waals surface area (Å²) in [7, 11) is 0. The van der Waals surface area contributed by atoms with Gasteiger partial charge >= 0.3 is 6.18 Å². The van der Waals surface area contributed by atoms with Crippen LogP contribution in [-0.4, -0.2) is 13.0 Å². The molecule has 0 saturated carbocycles. The second-order valence-electron chi connectivity index (χ2n) is 3.33. The Kier molecular flexibility index (Phi) is 2.57. The third kappa shape index (κ3) is 2.00. The zero-order valence-corrected chi connectivity index (χ0v) is 7.96. The number of rotatable bonds is 1. The largest absolute Gasteiger partial charge is 0.481 e. The molecule has 0 bridgehead atoms. The molecular formula is C10H7F4NO. The molecule has 0 radical (unpaired) electrons. The fourth-order valence-corrected chi connectivity index (χ4v) is 1.53. The highest BCUT2D eigenvalue weighted by molar-refractivity contribution is 5.51. The van der Waals surface area contributed by atoms with Crippen LogP contribution in [0.2, 0.25) is 0 Å². The standard InChI is InChI=1S/C10H7F4NO/c11-6-1-2-7(9-4-16-5-15-9)8(3-6)10(12,13)14/h1-3,5,9H,4H2. The molecule has 0 amide bonds. The second kappa shape index (κ2) is 3.77. The summed E-state index contributed by atoms with van der Waals surface area (Å²) in [4.78, 5) is 3.74. The molecule has 16 heavy (non-hydrogen) atoms. The van der Waals surface area contributed by atoms with Gasteiger partial charge in [0.25, 0.3) is 0 Å². The zero-order valence-electron chi connectivity index (χ0n) is 7.96. The van der Waals surface area contributed by atoms with E-state index in [-0.39, 0.29) is 12.2 Å². The van der Waals surface area contributed by atoms with Crippen molar-refractivity contribution in [2.45, 2.75) is 12.2 Å². The van der Waals surface area contributed by atoms with Crippen molar-refractivity contribution in [1.29, 1.82) is 0 Å². The van der Waals surface area contributed by atoms with E-state index in [0.29, 0.717) is 6.07 Å². The van der Waals surface area contributed by atoms with Crippen LogP contribution in [0.25, 0.3) is 0 Å². The lowest BCUT2D eigenvalue weighted by atomic mass is 10.0. The quantitative estimate of drug-likeness (QED) is 0.683. The third-order valence-electron chi connectivity index (χ3n) is 2.25. The summed E-state index contributed by atoms with van der Waals surface area (Å²) >= 11 is 0. The van der Waals surface area contributed by atoms with Gasteiger partial charge in [0.15, 0.2) is 6.40 Å². The molecule has 0 spiro atoms. The van der Waals surface area contributed by atoms with E-state index in [1.807, 2.05) is 0 Å². The molecule has 0 N–H and O–H groups in total. The molecule has 0 fully saturated rings. The lowest BCUT2D eigenvalue weighted by Gasteiger charge is -2.15. The molecule has 1 aliphatic heterocycles. The normalized spacial score (nSPS) is 19.9. The maximum absolute atomic E-state index is 12.8. The van der Waals surface area contributed by atoms with Gasteiger partial charge in [0, 0.05) is 0 Å². The Morgan fingerprint density at radius 1 is 1.31 bits per heavy atom. The summed E-state index contributed by atoms with van der Waals surface area (Å²) < 4.78 is 55.4. The van der Waals surface area contributed by atoms with Crippen LogP contribution < -0.4 is 0 Å². The van der Waals surface area contributed by atoms with Crippen molar-refractivity contribution >= 4 is 6.40 Å². The SMILES string of the molecule is Fc1ccc(C2COC=N2)c(C(F)(F)F)c1. The first-order chi connectivity index (χ1) is 7.48. The van der Waals surface area contributed by atoms with Crippen molar-refractivity contribution in [3.05, 3.63) is 35.1 Å². The second-order valence-corrected chi connectivity index (χ2v) is 3.33. The van der Waals surface area contributed by atoms with Crippen LogP contribution >= 0.6 is 0 Å². The van der Waals surface area contributed by atoms with E-state index in [1.54, 1.807) is 0 Å². The van der Waals surface area contributed by atoms with Crippen LogP contribution in [0, 0.1) is 5.82 Å². The first kappa shape index (κ1) is 10.9.